The molecule has 0 heterocycles. The first-order valence-corrected chi connectivity index (χ1v) is 1.73. The van der Waals surface area contributed by atoms with Gasteiger partial charge < -0.3 is 5.11 Å². The van der Waals surface area contributed by atoms with Crippen molar-refractivity contribution in [1.82, 2.24) is 0 Å². The van der Waals surface area contributed by atoms with E-state index in [0.29, 0.717) is 0 Å². The molecule has 0 unspecified atom stereocenters. The lowest BCUT2D eigenvalue weighted by Crippen LogP contribution is -1.66. The minimum atomic E-state index is -1.31. The van der Waals surface area contributed by atoms with Crippen LogP contribution >= 0.6 is 11.6 Å². The lowest BCUT2D eigenvalue weighted by molar-refractivity contribution is 0.280. The van der Waals surface area contributed by atoms with E-state index in [-0.39, 0.29) is 5.03 Å². The van der Waals surface area contributed by atoms with Gasteiger partial charge in [-0.2, -0.15) is 4.39 Å². The minimum Gasteiger partial charge on any atom is -0.486 e. The standard InChI is InChI=1S/C3H4ClFO/c1-2(4)3(5)6/h6H,1H3/b3-2+. The highest BCUT2D eigenvalue weighted by atomic mass is 35.5. The number of hydrogen-bond acceptors (Lipinski definition) is 1. The van der Waals surface area contributed by atoms with Crippen LogP contribution in [-0.4, -0.2) is 5.11 Å². The molecule has 0 aromatic carbocycles. The lowest BCUT2D eigenvalue weighted by atomic mass is 10.7. The molecule has 0 aliphatic rings. The van der Waals surface area contributed by atoms with Crippen molar-refractivity contribution in [2.24, 2.45) is 0 Å². The summed E-state index contributed by atoms with van der Waals surface area (Å²) in [4.78, 5) is 0. The Labute approximate surface area is 40.0 Å². The molecule has 0 bridgehead atoms. The number of aliphatic hydroxyl groups is 1. The first kappa shape index (κ1) is 5.76. The number of rotatable bonds is 0. The fourth-order valence-corrected chi connectivity index (χ4v) is 0. The smallest absolute Gasteiger partial charge is 0.284 e. The molecule has 0 spiro atoms. The molecule has 3 heteroatoms. The summed E-state index contributed by atoms with van der Waals surface area (Å²) < 4.78 is 11.1. The van der Waals surface area contributed by atoms with Crippen molar-refractivity contribution >= 4 is 11.6 Å². The van der Waals surface area contributed by atoms with E-state index in [9.17, 15) is 4.39 Å². The fourth-order valence-electron chi connectivity index (χ4n) is 0. The van der Waals surface area contributed by atoms with E-state index in [1.54, 1.807) is 0 Å². The molecule has 1 nitrogen and oxygen atoms in total. The number of aliphatic hydroxyl groups excluding tert-OH is 1. The van der Waals surface area contributed by atoms with Gasteiger partial charge in [-0.15, -0.1) is 0 Å². The molecule has 36 valence electrons. The average Bonchev–Trinajstić information content (AvgIpc) is 1.36. The minimum absolute atomic E-state index is 0.213. The highest BCUT2D eigenvalue weighted by molar-refractivity contribution is 6.29. The third-order valence-electron chi connectivity index (χ3n) is 0.284. The van der Waals surface area contributed by atoms with Gasteiger partial charge in [-0.25, -0.2) is 0 Å². The highest BCUT2D eigenvalue weighted by Crippen LogP contribution is 2.04. The van der Waals surface area contributed by atoms with E-state index in [1.165, 1.54) is 6.92 Å². The van der Waals surface area contributed by atoms with Gasteiger partial charge in [0.1, 0.15) is 0 Å². The Morgan fingerprint density at radius 2 is 2.00 bits per heavy atom. The topological polar surface area (TPSA) is 20.2 Å². The summed E-state index contributed by atoms with van der Waals surface area (Å²) in [5.74, 6) is 0. The second-order valence-corrected chi connectivity index (χ2v) is 1.39. The number of halogens is 2. The third kappa shape index (κ3) is 2.03. The summed E-state index contributed by atoms with van der Waals surface area (Å²) in [6, 6.07) is -1.31. The van der Waals surface area contributed by atoms with Crippen LogP contribution in [0.4, 0.5) is 4.39 Å². The van der Waals surface area contributed by atoms with Gasteiger partial charge >= 0.3 is 0 Å². The maximum absolute atomic E-state index is 11.1. The first-order chi connectivity index (χ1) is 2.64. The SMILES string of the molecule is C/C(Cl)=C(\O)F. The van der Waals surface area contributed by atoms with E-state index in [0.717, 1.165) is 0 Å². The Morgan fingerprint density at radius 3 is 2.00 bits per heavy atom. The number of allylic oxidation sites excluding steroid dienone is 1. The van der Waals surface area contributed by atoms with Crippen LogP contribution in [0.15, 0.2) is 11.0 Å². The van der Waals surface area contributed by atoms with Gasteiger partial charge in [0.15, 0.2) is 0 Å². The molecule has 0 aliphatic carbocycles. The normalized spacial score (nSPS) is 13.8. The Bertz CT molecular complexity index is 60.9. The van der Waals surface area contributed by atoms with Crippen LogP contribution in [0.5, 0.6) is 0 Å². The molecule has 0 amide bonds. The maximum atomic E-state index is 11.1. The van der Waals surface area contributed by atoms with Crippen LogP contribution in [0.1, 0.15) is 6.92 Å². The van der Waals surface area contributed by atoms with E-state index in [1.807, 2.05) is 0 Å². The van der Waals surface area contributed by atoms with Gasteiger partial charge in [-0.1, -0.05) is 11.6 Å². The summed E-state index contributed by atoms with van der Waals surface area (Å²) in [6.07, 6.45) is 0. The lowest BCUT2D eigenvalue weighted by Gasteiger charge is -1.79. The molecule has 0 fully saturated rings. The van der Waals surface area contributed by atoms with Crippen molar-refractivity contribution in [3.05, 3.63) is 11.0 Å². The van der Waals surface area contributed by atoms with E-state index < -0.39 is 6.01 Å². The third-order valence-corrected chi connectivity index (χ3v) is 0.440. The molecule has 0 atom stereocenters. The Balaban J connectivity index is 3.68. The van der Waals surface area contributed by atoms with Gasteiger partial charge in [0.25, 0.3) is 6.01 Å². The van der Waals surface area contributed by atoms with Crippen LogP contribution in [0.2, 0.25) is 0 Å². The highest BCUT2D eigenvalue weighted by Gasteiger charge is 1.87. The van der Waals surface area contributed by atoms with Crippen LogP contribution < -0.4 is 0 Å². The van der Waals surface area contributed by atoms with E-state index in [2.05, 4.69) is 0 Å². The van der Waals surface area contributed by atoms with Gasteiger partial charge in [0.05, 0.1) is 5.03 Å². The molecule has 0 saturated heterocycles. The average molecular weight is 111 g/mol. The fraction of sp³-hybridized carbons (Fsp3) is 0.333. The summed E-state index contributed by atoms with van der Waals surface area (Å²) in [6.45, 7) is 1.26. The molecule has 0 aliphatic heterocycles. The Morgan fingerprint density at radius 1 is 1.83 bits per heavy atom. The van der Waals surface area contributed by atoms with Crippen molar-refractivity contribution in [2.75, 3.05) is 0 Å². The zero-order valence-electron chi connectivity index (χ0n) is 3.20. The van der Waals surface area contributed by atoms with Crippen LogP contribution in [0.25, 0.3) is 0 Å². The maximum Gasteiger partial charge on any atom is 0.284 e. The molecular weight excluding hydrogens is 106 g/mol. The van der Waals surface area contributed by atoms with Gasteiger partial charge in [-0.3, -0.25) is 0 Å². The second-order valence-electron chi connectivity index (χ2n) is 0.824. The molecule has 0 aromatic rings. The van der Waals surface area contributed by atoms with Crippen LogP contribution in [-0.2, 0) is 0 Å². The zero-order valence-corrected chi connectivity index (χ0v) is 3.96. The molecule has 0 saturated carbocycles. The zero-order chi connectivity index (χ0) is 5.15. The van der Waals surface area contributed by atoms with Gasteiger partial charge in [0, 0.05) is 0 Å². The monoisotopic (exact) mass is 110 g/mol. The summed E-state index contributed by atoms with van der Waals surface area (Å²) in [7, 11) is 0. The molecule has 0 radical (unpaired) electrons. The largest absolute Gasteiger partial charge is 0.486 e. The van der Waals surface area contributed by atoms with Crippen molar-refractivity contribution in [3.8, 4) is 0 Å². The molecule has 6 heavy (non-hydrogen) atoms. The van der Waals surface area contributed by atoms with Crippen molar-refractivity contribution in [2.45, 2.75) is 6.92 Å². The predicted molar refractivity (Wildman–Crippen MR) is 22.3 cm³/mol. The number of hydrogen-bond donors (Lipinski definition) is 1. The van der Waals surface area contributed by atoms with Crippen molar-refractivity contribution in [3.63, 3.8) is 0 Å². The van der Waals surface area contributed by atoms with E-state index >= 15 is 0 Å². The summed E-state index contributed by atoms with van der Waals surface area (Å²) in [5, 5.41) is 7.50. The molecular formula is C3H4ClFO. The van der Waals surface area contributed by atoms with Crippen molar-refractivity contribution < 1.29 is 9.50 Å². The predicted octanol–water partition coefficient (Wildman–Crippen LogP) is 1.94. The molecule has 0 rings (SSSR count). The quantitative estimate of drug-likeness (QED) is 0.473. The van der Waals surface area contributed by atoms with E-state index in [4.69, 9.17) is 16.7 Å². The summed E-state index contributed by atoms with van der Waals surface area (Å²) in [5.41, 5.74) is 0. The second kappa shape index (κ2) is 2.03. The molecule has 0 aromatic heterocycles. The van der Waals surface area contributed by atoms with Gasteiger partial charge in [0.2, 0.25) is 0 Å². The van der Waals surface area contributed by atoms with Crippen molar-refractivity contribution in [1.29, 1.82) is 0 Å². The van der Waals surface area contributed by atoms with Gasteiger partial charge in [-0.05, 0) is 6.92 Å². The first-order valence-electron chi connectivity index (χ1n) is 1.35. The van der Waals surface area contributed by atoms with Crippen LogP contribution in [0, 0.1) is 0 Å². The Hall–Kier alpha value is -0.240. The molecule has 1 N–H and O–H groups in total. The summed E-state index contributed by atoms with van der Waals surface area (Å²) >= 11 is 4.87. The van der Waals surface area contributed by atoms with Crippen LogP contribution in [0.3, 0.4) is 0 Å². The Kier molecular flexibility index (Phi) is 1.95.